The Morgan fingerprint density at radius 3 is 2.36 bits per heavy atom. The Balaban J connectivity index is 2.32. The minimum absolute atomic E-state index is 0.0139. The van der Waals surface area contributed by atoms with Crippen LogP contribution in [0.5, 0.6) is 11.5 Å². The Kier molecular flexibility index (Phi) is 5.75. The Morgan fingerprint density at radius 1 is 1.14 bits per heavy atom. The number of H-pyrrole nitrogens is 1. The van der Waals surface area contributed by atoms with E-state index in [4.69, 9.17) is 9.47 Å². The largest absolute Gasteiger partial charge is 0.490 e. The number of benzene rings is 1. The van der Waals surface area contributed by atoms with Gasteiger partial charge in [0, 0.05) is 12.5 Å². The van der Waals surface area contributed by atoms with Gasteiger partial charge < -0.3 is 9.47 Å². The second kappa shape index (κ2) is 7.77. The monoisotopic (exact) mass is 307 g/mol. The minimum Gasteiger partial charge on any atom is -0.490 e. The van der Waals surface area contributed by atoms with Gasteiger partial charge in [0.05, 0.1) is 25.1 Å². The molecule has 1 aromatic carbocycles. The van der Waals surface area contributed by atoms with E-state index in [-0.39, 0.29) is 11.7 Å². The van der Waals surface area contributed by atoms with Crippen LogP contribution in [0.3, 0.4) is 0 Å². The lowest BCUT2D eigenvalue weighted by molar-refractivity contribution is 0.285. The number of nitrogens with one attached hydrogen (secondary N) is 1. The fourth-order valence-electron chi connectivity index (χ4n) is 2.45. The second-order valence-corrected chi connectivity index (χ2v) is 4.96. The van der Waals surface area contributed by atoms with E-state index in [1.165, 1.54) is 6.07 Å². The molecule has 1 unspecified atom stereocenters. The lowest BCUT2D eigenvalue weighted by Gasteiger charge is -2.18. The van der Waals surface area contributed by atoms with Crippen molar-refractivity contribution in [1.82, 2.24) is 15.4 Å². The maximum absolute atomic E-state index is 14.5. The SMILES string of the molecule is CCOc1cc(F)c(C(CC)Cc2cn[nH]n2)cc1OCC. The number of hydrogen-bond acceptors (Lipinski definition) is 4. The molecule has 0 bridgehead atoms. The van der Waals surface area contributed by atoms with Crippen molar-refractivity contribution in [1.29, 1.82) is 0 Å². The molecular weight excluding hydrogens is 285 g/mol. The van der Waals surface area contributed by atoms with E-state index in [1.807, 2.05) is 20.8 Å². The number of aromatic amines is 1. The third-order valence-electron chi connectivity index (χ3n) is 3.52. The molecule has 0 aliphatic rings. The summed E-state index contributed by atoms with van der Waals surface area (Å²) in [7, 11) is 0. The molecule has 2 aromatic rings. The highest BCUT2D eigenvalue weighted by Crippen LogP contribution is 2.35. The third-order valence-corrected chi connectivity index (χ3v) is 3.52. The fourth-order valence-corrected chi connectivity index (χ4v) is 2.45. The lowest BCUT2D eigenvalue weighted by Crippen LogP contribution is -2.07. The van der Waals surface area contributed by atoms with Gasteiger partial charge in [0.25, 0.3) is 0 Å². The van der Waals surface area contributed by atoms with Crippen molar-refractivity contribution < 1.29 is 13.9 Å². The minimum atomic E-state index is -0.276. The number of ether oxygens (including phenoxy) is 2. The molecule has 6 heteroatoms. The van der Waals surface area contributed by atoms with Crippen molar-refractivity contribution >= 4 is 0 Å². The molecule has 1 N–H and O–H groups in total. The molecule has 0 spiro atoms. The first-order valence-corrected chi connectivity index (χ1v) is 7.63. The third kappa shape index (κ3) is 3.75. The maximum Gasteiger partial charge on any atom is 0.164 e. The first-order valence-electron chi connectivity index (χ1n) is 7.63. The van der Waals surface area contributed by atoms with Gasteiger partial charge in [0.2, 0.25) is 0 Å². The Labute approximate surface area is 129 Å². The van der Waals surface area contributed by atoms with Crippen molar-refractivity contribution in [2.75, 3.05) is 13.2 Å². The summed E-state index contributed by atoms with van der Waals surface area (Å²) in [5, 5.41) is 10.4. The summed E-state index contributed by atoms with van der Waals surface area (Å²) in [6, 6.07) is 3.16. The van der Waals surface area contributed by atoms with E-state index < -0.39 is 0 Å². The molecule has 1 aromatic heterocycles. The van der Waals surface area contributed by atoms with Gasteiger partial charge in [-0.3, -0.25) is 0 Å². The molecule has 0 aliphatic heterocycles. The molecule has 1 heterocycles. The number of rotatable bonds is 8. The molecule has 5 nitrogen and oxygen atoms in total. The average Bonchev–Trinajstić information content (AvgIpc) is 3.01. The second-order valence-electron chi connectivity index (χ2n) is 4.96. The van der Waals surface area contributed by atoms with E-state index in [0.29, 0.717) is 36.7 Å². The molecule has 120 valence electrons. The van der Waals surface area contributed by atoms with Crippen molar-refractivity contribution in [2.24, 2.45) is 0 Å². The Hall–Kier alpha value is -2.11. The van der Waals surface area contributed by atoms with Crippen LogP contribution >= 0.6 is 0 Å². The molecule has 2 rings (SSSR count). The highest BCUT2D eigenvalue weighted by molar-refractivity contribution is 5.45. The summed E-state index contributed by atoms with van der Waals surface area (Å²) in [4.78, 5) is 0. The van der Waals surface area contributed by atoms with E-state index >= 15 is 0 Å². The van der Waals surface area contributed by atoms with E-state index in [2.05, 4.69) is 15.4 Å². The Morgan fingerprint density at radius 2 is 1.82 bits per heavy atom. The lowest BCUT2D eigenvalue weighted by atomic mass is 9.91. The molecule has 0 fully saturated rings. The molecule has 22 heavy (non-hydrogen) atoms. The first-order chi connectivity index (χ1) is 10.7. The molecule has 0 radical (unpaired) electrons. The van der Waals surface area contributed by atoms with Gasteiger partial charge in [-0.15, -0.1) is 0 Å². The van der Waals surface area contributed by atoms with E-state index in [9.17, 15) is 4.39 Å². The normalized spacial score (nSPS) is 12.2. The van der Waals surface area contributed by atoms with Crippen LogP contribution in [0.4, 0.5) is 4.39 Å². The highest BCUT2D eigenvalue weighted by Gasteiger charge is 2.20. The number of hydrogen-bond donors (Lipinski definition) is 1. The molecule has 0 aliphatic carbocycles. The quantitative estimate of drug-likeness (QED) is 0.811. The summed E-state index contributed by atoms with van der Waals surface area (Å²) >= 11 is 0. The van der Waals surface area contributed by atoms with Gasteiger partial charge in [0.15, 0.2) is 11.5 Å². The summed E-state index contributed by atoms with van der Waals surface area (Å²) < 4.78 is 25.5. The summed E-state index contributed by atoms with van der Waals surface area (Å²) in [5.41, 5.74) is 1.44. The molecular formula is C16H22FN3O2. The molecule has 1 atom stereocenters. The molecule has 0 saturated carbocycles. The van der Waals surface area contributed by atoms with Crippen LogP contribution in [0, 0.1) is 5.82 Å². The smallest absolute Gasteiger partial charge is 0.164 e. The van der Waals surface area contributed by atoms with Crippen molar-refractivity contribution in [3.8, 4) is 11.5 Å². The number of aromatic nitrogens is 3. The number of halogens is 1. The van der Waals surface area contributed by atoms with Crippen molar-refractivity contribution in [3.05, 3.63) is 35.4 Å². The van der Waals surface area contributed by atoms with E-state index in [1.54, 1.807) is 12.3 Å². The van der Waals surface area contributed by atoms with Crippen LogP contribution in [-0.2, 0) is 6.42 Å². The van der Waals surface area contributed by atoms with Crippen molar-refractivity contribution in [3.63, 3.8) is 0 Å². The van der Waals surface area contributed by atoms with Gasteiger partial charge in [-0.25, -0.2) is 4.39 Å². The summed E-state index contributed by atoms with van der Waals surface area (Å²) in [6.07, 6.45) is 3.09. The average molecular weight is 307 g/mol. The van der Waals surface area contributed by atoms with Gasteiger partial charge in [-0.05, 0) is 37.8 Å². The zero-order valence-corrected chi connectivity index (χ0v) is 13.2. The van der Waals surface area contributed by atoms with Gasteiger partial charge in [-0.1, -0.05) is 6.92 Å². The first kappa shape index (κ1) is 16.3. The zero-order chi connectivity index (χ0) is 15.9. The predicted octanol–water partition coefficient (Wildman–Crippen LogP) is 3.48. The van der Waals surface area contributed by atoms with Crippen LogP contribution in [0.2, 0.25) is 0 Å². The van der Waals surface area contributed by atoms with Crippen LogP contribution in [0.15, 0.2) is 18.3 Å². The molecule has 0 saturated heterocycles. The van der Waals surface area contributed by atoms with Crippen LogP contribution in [0.1, 0.15) is 44.4 Å². The van der Waals surface area contributed by atoms with Crippen LogP contribution < -0.4 is 9.47 Å². The van der Waals surface area contributed by atoms with E-state index in [0.717, 1.165) is 12.1 Å². The predicted molar refractivity (Wildman–Crippen MR) is 81.9 cm³/mol. The van der Waals surface area contributed by atoms with Crippen LogP contribution in [0.25, 0.3) is 0 Å². The highest BCUT2D eigenvalue weighted by atomic mass is 19.1. The van der Waals surface area contributed by atoms with Gasteiger partial charge in [0.1, 0.15) is 5.82 Å². The molecule has 0 amide bonds. The van der Waals surface area contributed by atoms with Crippen molar-refractivity contribution in [2.45, 2.75) is 39.5 Å². The summed E-state index contributed by atoms with van der Waals surface area (Å²) in [5.74, 6) is 0.767. The summed E-state index contributed by atoms with van der Waals surface area (Å²) in [6.45, 7) is 6.76. The Bertz CT molecular complexity index is 587. The van der Waals surface area contributed by atoms with Gasteiger partial charge >= 0.3 is 0 Å². The number of nitrogens with zero attached hydrogens (tertiary/aromatic N) is 2. The maximum atomic E-state index is 14.5. The zero-order valence-electron chi connectivity index (χ0n) is 13.2. The van der Waals surface area contributed by atoms with Gasteiger partial charge in [-0.2, -0.15) is 15.4 Å². The van der Waals surface area contributed by atoms with Crippen LogP contribution in [-0.4, -0.2) is 28.6 Å². The topological polar surface area (TPSA) is 60.0 Å². The standard InChI is InChI=1S/C16H22FN3O2/c1-4-11(7-12-10-18-20-19-12)13-8-15(21-5-2)16(22-6-3)9-14(13)17/h8-11H,4-7H2,1-3H3,(H,18,19,20). The fraction of sp³-hybridized carbons (Fsp3) is 0.500.